The van der Waals surface area contributed by atoms with Crippen molar-refractivity contribution in [1.82, 2.24) is 0 Å². The van der Waals surface area contributed by atoms with Crippen LogP contribution < -0.4 is 4.90 Å². The Morgan fingerprint density at radius 1 is 0.365 bits per heavy atom. The van der Waals surface area contributed by atoms with Crippen LogP contribution in [0.25, 0.3) is 88.4 Å². The van der Waals surface area contributed by atoms with E-state index in [-0.39, 0.29) is 10.8 Å². The van der Waals surface area contributed by atoms with Crippen LogP contribution in [-0.4, -0.2) is 0 Å². The van der Waals surface area contributed by atoms with E-state index < -0.39 is 0 Å². The molecule has 300 valence electrons. The van der Waals surface area contributed by atoms with Gasteiger partial charge in [-0.3, -0.25) is 0 Å². The van der Waals surface area contributed by atoms with Gasteiger partial charge in [-0.05, 0) is 122 Å². The minimum Gasteiger partial charge on any atom is -0.456 e. The van der Waals surface area contributed by atoms with Gasteiger partial charge in [-0.1, -0.05) is 155 Å². The van der Waals surface area contributed by atoms with Gasteiger partial charge in [-0.25, -0.2) is 0 Å². The fraction of sp³-hybridized carbons (Fsp3) is 0.100. The zero-order valence-electron chi connectivity index (χ0n) is 35.7. The number of benzene rings is 9. The molecule has 3 heteroatoms. The molecule has 0 fully saturated rings. The fourth-order valence-corrected chi connectivity index (χ4v) is 11.2. The van der Waals surface area contributed by atoms with Crippen LogP contribution in [0.5, 0.6) is 0 Å². The number of hydrogen-bond donors (Lipinski definition) is 0. The van der Waals surface area contributed by atoms with E-state index in [1.54, 1.807) is 0 Å². The predicted molar refractivity (Wildman–Crippen MR) is 262 cm³/mol. The minimum atomic E-state index is -0.181. The lowest BCUT2D eigenvalue weighted by atomic mass is 9.81. The van der Waals surface area contributed by atoms with Gasteiger partial charge in [0.15, 0.2) is 0 Å². The number of fused-ring (bicyclic) bond motifs is 13. The van der Waals surface area contributed by atoms with E-state index in [2.05, 4.69) is 215 Å². The highest BCUT2D eigenvalue weighted by Crippen LogP contribution is 2.55. The number of hydrogen-bond acceptors (Lipinski definition) is 3. The van der Waals surface area contributed by atoms with Gasteiger partial charge >= 0.3 is 0 Å². The highest BCUT2D eigenvalue weighted by Gasteiger charge is 2.38. The molecule has 0 amide bonds. The van der Waals surface area contributed by atoms with Crippen molar-refractivity contribution in [2.24, 2.45) is 0 Å². The SMILES string of the molecule is CC1(C)c2ccccc2-c2ccc(-c3c(N(c4ccc(-c5ccccc5)cc4)c4ccc5c(c4)C(C)(C)c4ccccc4-5)ccc4c3oc3ccc5oc6ccccc6c5c34)cc21. The van der Waals surface area contributed by atoms with Crippen LogP contribution in [-0.2, 0) is 10.8 Å². The number of nitrogens with zero attached hydrogens (tertiary/aromatic N) is 1. The van der Waals surface area contributed by atoms with Crippen molar-refractivity contribution < 1.29 is 8.83 Å². The van der Waals surface area contributed by atoms with Gasteiger partial charge in [-0.15, -0.1) is 0 Å². The van der Waals surface area contributed by atoms with Crippen molar-refractivity contribution in [1.29, 1.82) is 0 Å². The van der Waals surface area contributed by atoms with Crippen LogP contribution in [0.15, 0.2) is 197 Å². The maximum atomic E-state index is 7.22. The second kappa shape index (κ2) is 13.0. The number of furan rings is 2. The summed E-state index contributed by atoms with van der Waals surface area (Å²) in [5.74, 6) is 0. The summed E-state index contributed by atoms with van der Waals surface area (Å²) >= 11 is 0. The van der Waals surface area contributed by atoms with E-state index in [1.807, 2.05) is 6.07 Å². The van der Waals surface area contributed by atoms with Crippen molar-refractivity contribution in [2.45, 2.75) is 38.5 Å². The van der Waals surface area contributed by atoms with Crippen molar-refractivity contribution in [3.63, 3.8) is 0 Å². The molecule has 0 radical (unpaired) electrons. The molecule has 0 saturated carbocycles. The van der Waals surface area contributed by atoms with Crippen molar-refractivity contribution >= 4 is 60.9 Å². The summed E-state index contributed by atoms with van der Waals surface area (Å²) in [4.78, 5) is 2.45. The van der Waals surface area contributed by atoms with E-state index in [9.17, 15) is 0 Å². The van der Waals surface area contributed by atoms with Crippen LogP contribution >= 0.6 is 0 Å². The summed E-state index contributed by atoms with van der Waals surface area (Å²) in [5, 5.41) is 4.31. The van der Waals surface area contributed by atoms with Gasteiger partial charge in [0, 0.05) is 49.3 Å². The van der Waals surface area contributed by atoms with E-state index in [4.69, 9.17) is 8.83 Å². The first-order valence-corrected chi connectivity index (χ1v) is 22.0. The molecule has 0 bridgehead atoms. The molecular formula is C60H43NO2. The third-order valence-corrected chi connectivity index (χ3v) is 14.3. The van der Waals surface area contributed by atoms with E-state index in [0.29, 0.717) is 0 Å². The Labute approximate surface area is 366 Å². The Hall–Kier alpha value is -7.62. The molecule has 2 aliphatic rings. The molecule has 2 aliphatic carbocycles. The van der Waals surface area contributed by atoms with Crippen LogP contribution in [0.4, 0.5) is 17.1 Å². The molecule has 9 aromatic carbocycles. The maximum absolute atomic E-state index is 7.22. The Morgan fingerprint density at radius 2 is 0.905 bits per heavy atom. The molecule has 11 aromatic rings. The van der Waals surface area contributed by atoms with Crippen molar-refractivity contribution in [3.8, 4) is 44.5 Å². The molecule has 0 atom stereocenters. The maximum Gasteiger partial charge on any atom is 0.145 e. The summed E-state index contributed by atoms with van der Waals surface area (Å²) in [6.45, 7) is 9.43. The number of para-hydroxylation sites is 1. The fourth-order valence-electron chi connectivity index (χ4n) is 11.2. The Kier molecular flexibility index (Phi) is 7.42. The van der Waals surface area contributed by atoms with Crippen molar-refractivity contribution in [2.75, 3.05) is 4.90 Å². The third kappa shape index (κ3) is 5.08. The topological polar surface area (TPSA) is 29.5 Å². The molecule has 0 spiro atoms. The number of rotatable bonds is 5. The van der Waals surface area contributed by atoms with Gasteiger partial charge in [0.2, 0.25) is 0 Å². The molecule has 63 heavy (non-hydrogen) atoms. The predicted octanol–water partition coefficient (Wildman–Crippen LogP) is 16.9. The minimum absolute atomic E-state index is 0.171. The molecule has 0 N–H and O–H groups in total. The lowest BCUT2D eigenvalue weighted by Crippen LogP contribution is -2.17. The summed E-state index contributed by atoms with van der Waals surface area (Å²) in [5.41, 5.74) is 21.4. The molecule has 0 unspecified atom stereocenters. The Balaban J connectivity index is 1.11. The van der Waals surface area contributed by atoms with Gasteiger partial charge in [0.1, 0.15) is 22.3 Å². The quantitative estimate of drug-likeness (QED) is 0.173. The molecule has 3 nitrogen and oxygen atoms in total. The summed E-state index contributed by atoms with van der Waals surface area (Å²) < 4.78 is 13.7. The lowest BCUT2D eigenvalue weighted by molar-refractivity contribution is 0.660. The van der Waals surface area contributed by atoms with E-state index in [0.717, 1.165) is 72.1 Å². The summed E-state index contributed by atoms with van der Waals surface area (Å²) in [6.07, 6.45) is 0. The Bertz CT molecular complexity index is 3680. The molecule has 0 saturated heterocycles. The van der Waals surface area contributed by atoms with Crippen LogP contribution in [0, 0.1) is 0 Å². The lowest BCUT2D eigenvalue weighted by Gasteiger charge is -2.30. The van der Waals surface area contributed by atoms with Crippen molar-refractivity contribution in [3.05, 3.63) is 210 Å². The standard InChI is InChI=1S/C60H43NO2/c1-59(2)47-19-11-8-16-41(47)43-28-24-38(34-49(43)59)55-51(31-30-46-57-54(63-58(46)55)33-32-53-56(57)45-18-10-13-21-52(45)62-53)61(39-25-22-37(23-26-39)36-14-6-5-7-15-36)40-27-29-44-42-17-9-12-20-48(42)60(3,4)50(44)35-40/h5-35H,1-4H3. The molecule has 13 rings (SSSR count). The molecule has 2 heterocycles. The average Bonchev–Trinajstić information content (AvgIpc) is 4.02. The summed E-state index contributed by atoms with van der Waals surface area (Å²) in [6, 6.07) is 68.6. The third-order valence-electron chi connectivity index (χ3n) is 14.3. The van der Waals surface area contributed by atoms with Gasteiger partial charge in [-0.2, -0.15) is 0 Å². The first-order valence-electron chi connectivity index (χ1n) is 22.0. The van der Waals surface area contributed by atoms with Gasteiger partial charge in [0.05, 0.1) is 5.69 Å². The molecular weight excluding hydrogens is 767 g/mol. The monoisotopic (exact) mass is 809 g/mol. The van der Waals surface area contributed by atoms with Gasteiger partial charge in [0.25, 0.3) is 0 Å². The van der Waals surface area contributed by atoms with Gasteiger partial charge < -0.3 is 13.7 Å². The second-order valence-corrected chi connectivity index (χ2v) is 18.4. The summed E-state index contributed by atoms with van der Waals surface area (Å²) in [7, 11) is 0. The van der Waals surface area contributed by atoms with Crippen LogP contribution in [0.3, 0.4) is 0 Å². The molecule has 2 aromatic heterocycles. The number of anilines is 3. The average molecular weight is 810 g/mol. The van der Waals surface area contributed by atoms with E-state index >= 15 is 0 Å². The highest BCUT2D eigenvalue weighted by atomic mass is 16.3. The normalized spacial score (nSPS) is 14.3. The zero-order valence-corrected chi connectivity index (χ0v) is 35.7. The van der Waals surface area contributed by atoms with Crippen LogP contribution in [0.1, 0.15) is 49.9 Å². The zero-order chi connectivity index (χ0) is 42.2. The Morgan fingerprint density at radius 3 is 1.63 bits per heavy atom. The van der Waals surface area contributed by atoms with E-state index in [1.165, 1.54) is 55.6 Å². The highest BCUT2D eigenvalue weighted by molar-refractivity contribution is 6.27. The largest absolute Gasteiger partial charge is 0.456 e. The second-order valence-electron chi connectivity index (χ2n) is 18.4. The first kappa shape index (κ1) is 36.1. The smallest absolute Gasteiger partial charge is 0.145 e. The first-order chi connectivity index (χ1) is 30.8. The molecule has 0 aliphatic heterocycles. The van der Waals surface area contributed by atoms with Crippen LogP contribution in [0.2, 0.25) is 0 Å².